The van der Waals surface area contributed by atoms with Crippen LogP contribution in [-0.4, -0.2) is 18.7 Å². The van der Waals surface area contributed by atoms with Crippen LogP contribution in [0.15, 0.2) is 22.7 Å². The molecule has 0 bridgehead atoms. The van der Waals surface area contributed by atoms with Crippen molar-refractivity contribution in [1.82, 2.24) is 5.32 Å². The fourth-order valence-corrected chi connectivity index (χ4v) is 3.94. The van der Waals surface area contributed by atoms with E-state index in [-0.39, 0.29) is 17.5 Å². The highest BCUT2D eigenvalue weighted by atomic mass is 79.9. The van der Waals surface area contributed by atoms with Crippen molar-refractivity contribution in [2.45, 2.75) is 44.3 Å². The van der Waals surface area contributed by atoms with Gasteiger partial charge in [-0.25, -0.2) is 4.39 Å². The summed E-state index contributed by atoms with van der Waals surface area (Å²) in [6.07, 6.45) is 4.72. The zero-order valence-corrected chi connectivity index (χ0v) is 13.4. The van der Waals surface area contributed by atoms with Gasteiger partial charge in [0, 0.05) is 17.6 Å². The van der Waals surface area contributed by atoms with Crippen LogP contribution in [0.4, 0.5) is 4.39 Å². The molecule has 1 aliphatic carbocycles. The van der Waals surface area contributed by atoms with E-state index in [1.165, 1.54) is 25.0 Å². The van der Waals surface area contributed by atoms with Crippen LogP contribution in [0, 0.1) is 11.7 Å². The fraction of sp³-hybridized carbons (Fsp3) is 0.625. The predicted molar refractivity (Wildman–Crippen MR) is 81.2 cm³/mol. The number of hydrogen-bond donors (Lipinski definition) is 1. The van der Waals surface area contributed by atoms with E-state index in [1.54, 1.807) is 0 Å². The summed E-state index contributed by atoms with van der Waals surface area (Å²) in [4.78, 5) is 0. The lowest BCUT2D eigenvalue weighted by Gasteiger charge is -2.45. The molecule has 1 atom stereocenters. The highest BCUT2D eigenvalue weighted by Gasteiger charge is 2.40. The molecular weight excluding hydrogens is 321 g/mol. The van der Waals surface area contributed by atoms with E-state index < -0.39 is 0 Å². The number of rotatable bonds is 1. The zero-order chi connectivity index (χ0) is 14.2. The Morgan fingerprint density at radius 1 is 1.35 bits per heavy atom. The molecule has 1 saturated heterocycles. The molecular formula is C16H21BrFNO. The van der Waals surface area contributed by atoms with Crippen molar-refractivity contribution in [3.05, 3.63) is 34.1 Å². The van der Waals surface area contributed by atoms with Gasteiger partial charge < -0.3 is 10.1 Å². The van der Waals surface area contributed by atoms with Crippen LogP contribution in [0.3, 0.4) is 0 Å². The molecule has 1 aromatic carbocycles. The van der Waals surface area contributed by atoms with Crippen molar-refractivity contribution < 1.29 is 9.13 Å². The Bertz CT molecular complexity index is 485. The maximum absolute atomic E-state index is 13.2. The summed E-state index contributed by atoms with van der Waals surface area (Å²) in [7, 11) is 0. The Kier molecular flexibility index (Phi) is 4.16. The second kappa shape index (κ2) is 5.74. The topological polar surface area (TPSA) is 21.3 Å². The Morgan fingerprint density at radius 3 is 2.80 bits per heavy atom. The average Bonchev–Trinajstić information content (AvgIpc) is 2.43. The van der Waals surface area contributed by atoms with Crippen LogP contribution in [-0.2, 0) is 4.74 Å². The van der Waals surface area contributed by atoms with Crippen molar-refractivity contribution in [3.8, 4) is 0 Å². The maximum Gasteiger partial charge on any atom is 0.124 e. The first-order chi connectivity index (χ1) is 9.58. The number of ether oxygens (including phenoxy) is 1. The maximum atomic E-state index is 13.2. The monoisotopic (exact) mass is 341 g/mol. The number of hydrogen-bond acceptors (Lipinski definition) is 2. The van der Waals surface area contributed by atoms with Gasteiger partial charge in [0.25, 0.3) is 0 Å². The van der Waals surface area contributed by atoms with Crippen molar-refractivity contribution in [2.24, 2.45) is 5.92 Å². The summed E-state index contributed by atoms with van der Waals surface area (Å²) in [6.45, 7) is 4.05. The summed E-state index contributed by atoms with van der Waals surface area (Å²) >= 11 is 3.46. The molecule has 1 spiro atoms. The molecule has 2 fully saturated rings. The lowest BCUT2D eigenvalue weighted by Crippen LogP contribution is -2.52. The third-order valence-corrected chi connectivity index (χ3v) is 5.35. The molecule has 2 nitrogen and oxygen atoms in total. The SMILES string of the molecule is CC1CCC2(CC1)CNCC(c1ccc(F)cc1Br)O2. The van der Waals surface area contributed by atoms with Gasteiger partial charge in [-0.05, 0) is 49.3 Å². The van der Waals surface area contributed by atoms with Gasteiger partial charge in [0.1, 0.15) is 5.82 Å². The van der Waals surface area contributed by atoms with Gasteiger partial charge in [-0.3, -0.25) is 0 Å². The van der Waals surface area contributed by atoms with Crippen LogP contribution in [0.5, 0.6) is 0 Å². The van der Waals surface area contributed by atoms with Crippen molar-refractivity contribution in [2.75, 3.05) is 13.1 Å². The van der Waals surface area contributed by atoms with Crippen molar-refractivity contribution in [3.63, 3.8) is 0 Å². The third-order valence-electron chi connectivity index (χ3n) is 4.66. The molecule has 1 unspecified atom stereocenters. The van der Waals surface area contributed by atoms with Crippen molar-refractivity contribution in [1.29, 1.82) is 0 Å². The molecule has 1 aliphatic heterocycles. The smallest absolute Gasteiger partial charge is 0.124 e. The number of halogens is 2. The van der Waals surface area contributed by atoms with Gasteiger partial charge in [0.05, 0.1) is 11.7 Å². The summed E-state index contributed by atoms with van der Waals surface area (Å²) in [5.74, 6) is 0.591. The van der Waals surface area contributed by atoms with E-state index in [2.05, 4.69) is 28.2 Å². The molecule has 1 heterocycles. The fourth-order valence-electron chi connectivity index (χ4n) is 3.34. The van der Waals surface area contributed by atoms with Crippen molar-refractivity contribution >= 4 is 15.9 Å². The lowest BCUT2D eigenvalue weighted by molar-refractivity contribution is -0.140. The Morgan fingerprint density at radius 2 is 2.10 bits per heavy atom. The molecule has 1 saturated carbocycles. The first-order valence-electron chi connectivity index (χ1n) is 7.41. The standard InChI is InChI=1S/C16H21BrFNO/c1-11-4-6-16(7-5-11)10-19-9-15(20-16)13-3-2-12(18)8-14(13)17/h2-3,8,11,15,19H,4-7,9-10H2,1H3. The highest BCUT2D eigenvalue weighted by molar-refractivity contribution is 9.10. The number of nitrogens with one attached hydrogen (secondary N) is 1. The quantitative estimate of drug-likeness (QED) is 0.826. The summed E-state index contributed by atoms with van der Waals surface area (Å²) in [5, 5.41) is 3.51. The van der Waals surface area contributed by atoms with Gasteiger partial charge in [0.15, 0.2) is 0 Å². The molecule has 0 amide bonds. The summed E-state index contributed by atoms with van der Waals surface area (Å²) < 4.78 is 20.5. The number of benzene rings is 1. The predicted octanol–water partition coefficient (Wildman–Crippen LogP) is 4.20. The molecule has 3 rings (SSSR count). The largest absolute Gasteiger partial charge is 0.364 e. The van der Waals surface area contributed by atoms with Gasteiger partial charge in [-0.2, -0.15) is 0 Å². The molecule has 4 heteroatoms. The zero-order valence-electron chi connectivity index (χ0n) is 11.8. The second-order valence-corrected chi connectivity index (χ2v) is 7.12. The van der Waals surface area contributed by atoms with E-state index in [0.717, 1.165) is 41.9 Å². The normalized spacial score (nSPS) is 34.4. The minimum Gasteiger partial charge on any atom is -0.364 e. The van der Waals surface area contributed by atoms with Crippen LogP contribution in [0.2, 0.25) is 0 Å². The molecule has 20 heavy (non-hydrogen) atoms. The molecule has 1 N–H and O–H groups in total. The van der Waals surface area contributed by atoms with Gasteiger partial charge in [0.2, 0.25) is 0 Å². The summed E-state index contributed by atoms with van der Waals surface area (Å²) in [6, 6.07) is 4.85. The Balaban J connectivity index is 1.78. The third kappa shape index (κ3) is 2.92. The molecule has 0 aromatic heterocycles. The van der Waals surface area contributed by atoms with E-state index >= 15 is 0 Å². The van der Waals surface area contributed by atoms with Crippen LogP contribution < -0.4 is 5.32 Å². The van der Waals surface area contributed by atoms with Gasteiger partial charge in [-0.15, -0.1) is 0 Å². The van der Waals surface area contributed by atoms with E-state index in [9.17, 15) is 4.39 Å². The molecule has 110 valence electrons. The lowest BCUT2D eigenvalue weighted by atomic mass is 9.78. The first kappa shape index (κ1) is 14.5. The van der Waals surface area contributed by atoms with Gasteiger partial charge >= 0.3 is 0 Å². The Labute approximate surface area is 128 Å². The molecule has 2 aliphatic rings. The molecule has 1 aromatic rings. The van der Waals surface area contributed by atoms with Crippen LogP contribution in [0.1, 0.15) is 44.3 Å². The minimum atomic E-state index is -0.217. The molecule has 0 radical (unpaired) electrons. The second-order valence-electron chi connectivity index (χ2n) is 6.27. The first-order valence-corrected chi connectivity index (χ1v) is 8.21. The van der Waals surface area contributed by atoms with E-state index in [1.807, 2.05) is 6.07 Å². The minimum absolute atomic E-state index is 0.00660. The van der Waals surface area contributed by atoms with Gasteiger partial charge in [-0.1, -0.05) is 28.9 Å². The highest BCUT2D eigenvalue weighted by Crippen LogP contribution is 2.40. The van der Waals surface area contributed by atoms with E-state index in [0.29, 0.717) is 0 Å². The summed E-state index contributed by atoms with van der Waals surface area (Å²) in [5.41, 5.74) is 1.01. The Hall–Kier alpha value is -0.450. The van der Waals surface area contributed by atoms with Crippen LogP contribution in [0.25, 0.3) is 0 Å². The number of morpholine rings is 1. The average molecular weight is 342 g/mol. The van der Waals surface area contributed by atoms with E-state index in [4.69, 9.17) is 4.74 Å². The van der Waals surface area contributed by atoms with Crippen LogP contribution >= 0.6 is 15.9 Å².